The van der Waals surface area contributed by atoms with E-state index in [0.717, 1.165) is 32.2 Å². The molecule has 0 radical (unpaired) electrons. The van der Waals surface area contributed by atoms with Gasteiger partial charge >= 0.3 is 0 Å². The third-order valence-corrected chi connectivity index (χ3v) is 3.46. The van der Waals surface area contributed by atoms with Crippen LogP contribution in [0.4, 0.5) is 0 Å². The lowest BCUT2D eigenvalue weighted by molar-refractivity contribution is 0.0255. The van der Waals surface area contributed by atoms with Crippen molar-refractivity contribution in [3.05, 3.63) is 0 Å². The summed E-state index contributed by atoms with van der Waals surface area (Å²) in [5.74, 6) is 0.935. The van der Waals surface area contributed by atoms with Gasteiger partial charge in [0.25, 0.3) is 0 Å². The maximum Gasteiger partial charge on any atom is 0.0594 e. The van der Waals surface area contributed by atoms with E-state index < -0.39 is 0 Å². The number of hydrogen-bond donors (Lipinski definition) is 0. The maximum atomic E-state index is 5.36. The number of morpholine rings is 1. The maximum absolute atomic E-state index is 5.36. The molecule has 0 aromatic carbocycles. The number of piperidine rings is 1. The second-order valence-corrected chi connectivity index (χ2v) is 4.66. The number of hydrogen-bond acceptors (Lipinski definition) is 3. The molecule has 0 amide bonds. The molecule has 2 saturated heterocycles. The Morgan fingerprint density at radius 3 is 2.12 bits per heavy atom. The second kappa shape index (κ2) is 8.04. The molecule has 2 aliphatic heterocycles. The van der Waals surface area contributed by atoms with Gasteiger partial charge in [0.2, 0.25) is 0 Å². The van der Waals surface area contributed by atoms with Crippen LogP contribution in [0, 0.1) is 5.92 Å². The number of likely N-dealkylation sites (tertiary alicyclic amines) is 1. The Morgan fingerprint density at radius 1 is 1.00 bits per heavy atom. The molecule has 16 heavy (non-hydrogen) atoms. The fraction of sp³-hybridized carbons (Fsp3) is 1.00. The monoisotopic (exact) mass is 228 g/mol. The van der Waals surface area contributed by atoms with Crippen molar-refractivity contribution in [2.24, 2.45) is 5.92 Å². The first-order chi connectivity index (χ1) is 7.84. The van der Waals surface area contributed by atoms with Gasteiger partial charge in [0.1, 0.15) is 0 Å². The Bertz CT molecular complexity index is 161. The molecule has 3 nitrogen and oxygen atoms in total. The van der Waals surface area contributed by atoms with Crippen molar-refractivity contribution in [2.75, 3.05) is 53.0 Å². The molecule has 0 saturated carbocycles. The second-order valence-electron chi connectivity index (χ2n) is 4.66. The third-order valence-electron chi connectivity index (χ3n) is 3.46. The number of ether oxygens (including phenoxy) is 1. The highest BCUT2D eigenvalue weighted by Crippen LogP contribution is 2.17. The molecule has 0 unspecified atom stereocenters. The van der Waals surface area contributed by atoms with E-state index in [1.165, 1.54) is 32.5 Å². The van der Waals surface area contributed by atoms with Crippen LogP contribution in [0.15, 0.2) is 0 Å². The number of rotatable bonds is 2. The van der Waals surface area contributed by atoms with Gasteiger partial charge in [-0.3, -0.25) is 4.90 Å². The predicted molar refractivity (Wildman–Crippen MR) is 68.8 cm³/mol. The summed E-state index contributed by atoms with van der Waals surface area (Å²) in [6, 6.07) is 0. The summed E-state index contributed by atoms with van der Waals surface area (Å²) < 4.78 is 5.36. The van der Waals surface area contributed by atoms with Crippen LogP contribution in [0.2, 0.25) is 0 Å². The van der Waals surface area contributed by atoms with Gasteiger partial charge in [0, 0.05) is 19.6 Å². The highest BCUT2D eigenvalue weighted by Gasteiger charge is 2.20. The molecule has 2 heterocycles. The van der Waals surface area contributed by atoms with E-state index in [9.17, 15) is 0 Å². The lowest BCUT2D eigenvalue weighted by Crippen LogP contribution is -2.42. The quantitative estimate of drug-likeness (QED) is 0.715. The Labute approximate surface area is 101 Å². The summed E-state index contributed by atoms with van der Waals surface area (Å²) in [5.41, 5.74) is 0. The zero-order chi connectivity index (χ0) is 11.8. The zero-order valence-corrected chi connectivity index (χ0v) is 11.2. The molecule has 0 bridgehead atoms. The summed E-state index contributed by atoms with van der Waals surface area (Å²) >= 11 is 0. The average Bonchev–Trinajstić information content (AvgIpc) is 2.36. The van der Waals surface area contributed by atoms with Gasteiger partial charge in [-0.15, -0.1) is 0 Å². The molecule has 2 aliphatic rings. The van der Waals surface area contributed by atoms with Crippen molar-refractivity contribution in [2.45, 2.75) is 26.7 Å². The predicted octanol–water partition coefficient (Wildman–Crippen LogP) is 1.69. The highest BCUT2D eigenvalue weighted by molar-refractivity contribution is 4.74. The minimum absolute atomic E-state index is 0.935. The van der Waals surface area contributed by atoms with Crippen LogP contribution in [0.25, 0.3) is 0 Å². The minimum Gasteiger partial charge on any atom is -0.379 e. The Hall–Kier alpha value is -0.120. The van der Waals surface area contributed by atoms with Crippen molar-refractivity contribution in [3.63, 3.8) is 0 Å². The van der Waals surface area contributed by atoms with Crippen LogP contribution in [0.3, 0.4) is 0 Å². The fourth-order valence-corrected chi connectivity index (χ4v) is 2.39. The van der Waals surface area contributed by atoms with E-state index >= 15 is 0 Å². The van der Waals surface area contributed by atoms with Gasteiger partial charge in [-0.2, -0.15) is 0 Å². The van der Waals surface area contributed by atoms with E-state index in [2.05, 4.69) is 16.8 Å². The van der Waals surface area contributed by atoms with Crippen LogP contribution in [-0.2, 0) is 4.74 Å². The number of nitrogens with zero attached hydrogens (tertiary/aromatic N) is 2. The average molecular weight is 228 g/mol. The lowest BCUT2D eigenvalue weighted by Gasteiger charge is -2.34. The summed E-state index contributed by atoms with van der Waals surface area (Å²) in [5, 5.41) is 0. The molecular weight excluding hydrogens is 200 g/mol. The van der Waals surface area contributed by atoms with Gasteiger partial charge < -0.3 is 9.64 Å². The molecule has 0 aromatic rings. The van der Waals surface area contributed by atoms with Gasteiger partial charge in [-0.05, 0) is 38.9 Å². The molecule has 0 N–H and O–H groups in total. The van der Waals surface area contributed by atoms with Crippen LogP contribution < -0.4 is 0 Å². The molecular formula is C13H28N2O. The first kappa shape index (κ1) is 13.9. The standard InChI is InChI=1S/C11H22N2O.C2H6/c1-12-4-2-11(3-5-12)10-13-6-8-14-9-7-13;1-2/h11H,2-10H2,1H3;1-2H3. The summed E-state index contributed by atoms with van der Waals surface area (Å²) in [4.78, 5) is 5.01. The normalized spacial score (nSPS) is 24.9. The summed E-state index contributed by atoms with van der Waals surface area (Å²) in [7, 11) is 2.23. The molecule has 0 aromatic heterocycles. The lowest BCUT2D eigenvalue weighted by atomic mass is 9.96. The van der Waals surface area contributed by atoms with Crippen molar-refractivity contribution >= 4 is 0 Å². The molecule has 2 fully saturated rings. The van der Waals surface area contributed by atoms with Crippen molar-refractivity contribution < 1.29 is 4.74 Å². The Morgan fingerprint density at radius 2 is 1.56 bits per heavy atom. The van der Waals surface area contributed by atoms with Crippen molar-refractivity contribution in [1.29, 1.82) is 0 Å². The van der Waals surface area contributed by atoms with Crippen molar-refractivity contribution in [1.82, 2.24) is 9.80 Å². The molecule has 0 atom stereocenters. The van der Waals surface area contributed by atoms with E-state index in [-0.39, 0.29) is 0 Å². The van der Waals surface area contributed by atoms with Crippen LogP contribution >= 0.6 is 0 Å². The van der Waals surface area contributed by atoms with Gasteiger partial charge in [-0.25, -0.2) is 0 Å². The Kier molecular flexibility index (Phi) is 7.01. The van der Waals surface area contributed by atoms with Crippen LogP contribution in [0.1, 0.15) is 26.7 Å². The zero-order valence-electron chi connectivity index (χ0n) is 11.2. The van der Waals surface area contributed by atoms with E-state index in [0.29, 0.717) is 0 Å². The smallest absolute Gasteiger partial charge is 0.0594 e. The van der Waals surface area contributed by atoms with E-state index in [1.807, 2.05) is 13.8 Å². The molecule has 96 valence electrons. The molecule has 0 spiro atoms. The third kappa shape index (κ3) is 4.81. The van der Waals surface area contributed by atoms with E-state index in [4.69, 9.17) is 4.74 Å². The van der Waals surface area contributed by atoms with Crippen molar-refractivity contribution in [3.8, 4) is 0 Å². The van der Waals surface area contributed by atoms with Gasteiger partial charge in [0.15, 0.2) is 0 Å². The van der Waals surface area contributed by atoms with Crippen LogP contribution in [-0.4, -0.2) is 62.8 Å². The highest BCUT2D eigenvalue weighted by atomic mass is 16.5. The van der Waals surface area contributed by atoms with E-state index in [1.54, 1.807) is 0 Å². The summed E-state index contributed by atoms with van der Waals surface area (Å²) in [6.45, 7) is 12.0. The SMILES string of the molecule is CC.CN1CCC(CN2CCOCC2)CC1. The first-order valence-corrected chi connectivity index (χ1v) is 6.83. The summed E-state index contributed by atoms with van der Waals surface area (Å²) in [6.07, 6.45) is 2.77. The fourth-order valence-electron chi connectivity index (χ4n) is 2.39. The molecule has 0 aliphatic carbocycles. The van der Waals surface area contributed by atoms with Crippen LogP contribution in [0.5, 0.6) is 0 Å². The minimum atomic E-state index is 0.935. The Balaban J connectivity index is 0.000000606. The van der Waals surface area contributed by atoms with Gasteiger partial charge in [0.05, 0.1) is 13.2 Å². The molecule has 3 heteroatoms. The topological polar surface area (TPSA) is 15.7 Å². The van der Waals surface area contributed by atoms with Gasteiger partial charge in [-0.1, -0.05) is 13.8 Å². The largest absolute Gasteiger partial charge is 0.379 e. The molecule has 2 rings (SSSR count). The first-order valence-electron chi connectivity index (χ1n) is 6.83.